The van der Waals surface area contributed by atoms with Crippen molar-refractivity contribution in [2.45, 2.75) is 48.8 Å². The highest BCUT2D eigenvalue weighted by atomic mass is 32.2. The van der Waals surface area contributed by atoms with E-state index in [4.69, 9.17) is 0 Å². The number of anilines is 1. The number of rotatable bonds is 6. The Morgan fingerprint density at radius 2 is 1.85 bits per heavy atom. The molecule has 0 aromatic carbocycles. The fourth-order valence-corrected chi connectivity index (χ4v) is 7.25. The van der Waals surface area contributed by atoms with Crippen LogP contribution in [0, 0.1) is 5.82 Å². The SMILES string of the molecule is CN1CC[C@@H]1C(=O)N1CCN(c2c(F)c(S(=O)(=O)NC3(C)CC3)cn3c(-c4nnc(C(F)(F)F)s4)ncc23)CC1. The number of likely N-dealkylation sites (tertiary alicyclic amines) is 1. The molecule has 0 radical (unpaired) electrons. The van der Waals surface area contributed by atoms with Gasteiger partial charge in [-0.1, -0.05) is 11.3 Å². The lowest BCUT2D eigenvalue weighted by Gasteiger charge is -2.43. The van der Waals surface area contributed by atoms with E-state index in [0.717, 1.165) is 19.2 Å². The Balaban J connectivity index is 1.40. The molecule has 3 fully saturated rings. The zero-order valence-electron chi connectivity index (χ0n) is 21.6. The molecule has 3 aromatic heterocycles. The first kappa shape index (κ1) is 27.3. The maximum atomic E-state index is 16.2. The summed E-state index contributed by atoms with van der Waals surface area (Å²) in [6.07, 6.45) is -0.464. The number of pyridine rings is 1. The Morgan fingerprint density at radius 3 is 2.40 bits per heavy atom. The average Bonchev–Trinajstić information content (AvgIpc) is 3.24. The van der Waals surface area contributed by atoms with Crippen LogP contribution in [0.4, 0.5) is 23.2 Å². The van der Waals surface area contributed by atoms with Crippen LogP contribution in [0.5, 0.6) is 0 Å². The lowest BCUT2D eigenvalue weighted by atomic mass is 10.0. The zero-order valence-corrected chi connectivity index (χ0v) is 23.2. The Hall–Kier alpha value is -2.89. The molecular formula is C23H26F4N8O3S2. The van der Waals surface area contributed by atoms with E-state index in [1.165, 1.54) is 10.6 Å². The number of fused-ring (bicyclic) bond motifs is 1. The second-order valence-corrected chi connectivity index (χ2v) is 13.3. The third-order valence-electron chi connectivity index (χ3n) is 7.72. The molecule has 3 aromatic rings. The summed E-state index contributed by atoms with van der Waals surface area (Å²) in [6, 6.07) is -0.177. The minimum Gasteiger partial charge on any atom is -0.364 e. The van der Waals surface area contributed by atoms with Crippen LogP contribution in [0.2, 0.25) is 0 Å². The van der Waals surface area contributed by atoms with E-state index in [1.807, 2.05) is 11.9 Å². The second-order valence-electron chi connectivity index (χ2n) is 10.7. The number of nitrogens with zero attached hydrogens (tertiary/aromatic N) is 7. The molecule has 1 aliphatic carbocycles. The number of piperazine rings is 1. The van der Waals surface area contributed by atoms with Gasteiger partial charge in [0.05, 0.1) is 17.8 Å². The molecule has 1 N–H and O–H groups in total. The molecule has 17 heteroatoms. The van der Waals surface area contributed by atoms with E-state index < -0.39 is 37.5 Å². The van der Waals surface area contributed by atoms with Crippen molar-refractivity contribution in [3.8, 4) is 10.8 Å². The van der Waals surface area contributed by atoms with Gasteiger partial charge in [0, 0.05) is 44.5 Å². The molecule has 1 saturated carbocycles. The number of imidazole rings is 1. The normalized spacial score (nSPS) is 21.6. The van der Waals surface area contributed by atoms with Crippen molar-refractivity contribution in [1.82, 2.24) is 34.1 Å². The van der Waals surface area contributed by atoms with Gasteiger partial charge in [0.2, 0.25) is 20.9 Å². The molecule has 5 heterocycles. The summed E-state index contributed by atoms with van der Waals surface area (Å²) in [5.41, 5.74) is -0.595. The molecule has 40 heavy (non-hydrogen) atoms. The first-order valence-electron chi connectivity index (χ1n) is 12.7. The number of alkyl halides is 3. The van der Waals surface area contributed by atoms with Crippen molar-refractivity contribution in [2.75, 3.05) is 44.7 Å². The number of nitrogens with one attached hydrogen (secondary N) is 1. The Labute approximate surface area is 230 Å². The molecule has 6 rings (SSSR count). The van der Waals surface area contributed by atoms with Gasteiger partial charge in [0.1, 0.15) is 10.6 Å². The van der Waals surface area contributed by atoms with Crippen LogP contribution in [0.15, 0.2) is 17.3 Å². The average molecular weight is 603 g/mol. The van der Waals surface area contributed by atoms with E-state index >= 15 is 4.39 Å². The van der Waals surface area contributed by atoms with Gasteiger partial charge in [-0.2, -0.15) is 13.2 Å². The van der Waals surface area contributed by atoms with Gasteiger partial charge < -0.3 is 9.80 Å². The minimum atomic E-state index is -4.72. The van der Waals surface area contributed by atoms with Gasteiger partial charge >= 0.3 is 6.18 Å². The molecule has 2 aliphatic heterocycles. The summed E-state index contributed by atoms with van der Waals surface area (Å²) in [7, 11) is -2.48. The van der Waals surface area contributed by atoms with Gasteiger partial charge in [0.15, 0.2) is 16.6 Å². The highest BCUT2D eigenvalue weighted by molar-refractivity contribution is 7.89. The Bertz CT molecular complexity index is 1590. The zero-order chi connectivity index (χ0) is 28.6. The fraction of sp³-hybridized carbons (Fsp3) is 0.565. The lowest BCUT2D eigenvalue weighted by Crippen LogP contribution is -2.59. The smallest absolute Gasteiger partial charge is 0.364 e. The summed E-state index contributed by atoms with van der Waals surface area (Å²) in [5.74, 6) is -1.09. The Morgan fingerprint density at radius 1 is 1.15 bits per heavy atom. The summed E-state index contributed by atoms with van der Waals surface area (Å²) >= 11 is 0.254. The van der Waals surface area contributed by atoms with Crippen molar-refractivity contribution in [1.29, 1.82) is 0 Å². The van der Waals surface area contributed by atoms with Crippen molar-refractivity contribution in [3.63, 3.8) is 0 Å². The number of amides is 1. The molecule has 1 amide bonds. The molecule has 11 nitrogen and oxygen atoms in total. The molecule has 0 unspecified atom stereocenters. The number of carbonyl (C=O) groups excluding carboxylic acids is 1. The lowest BCUT2D eigenvalue weighted by molar-refractivity contribution is -0.141. The molecule has 2 saturated heterocycles. The van der Waals surface area contributed by atoms with Crippen molar-refractivity contribution >= 4 is 38.5 Å². The largest absolute Gasteiger partial charge is 0.445 e. The van der Waals surface area contributed by atoms with Crippen LogP contribution in [-0.4, -0.2) is 95.1 Å². The minimum absolute atomic E-state index is 0.000558. The number of carbonyl (C=O) groups is 1. The predicted molar refractivity (Wildman–Crippen MR) is 137 cm³/mol. The van der Waals surface area contributed by atoms with Gasteiger partial charge in [-0.05, 0) is 33.2 Å². The quantitative estimate of drug-likeness (QED) is 0.427. The van der Waals surface area contributed by atoms with Crippen molar-refractivity contribution < 1.29 is 30.8 Å². The van der Waals surface area contributed by atoms with Gasteiger partial charge in [0.25, 0.3) is 0 Å². The summed E-state index contributed by atoms with van der Waals surface area (Å²) in [6.45, 7) is 3.60. The fourth-order valence-electron chi connectivity index (χ4n) is 5.00. The van der Waals surface area contributed by atoms with Gasteiger partial charge in [-0.15, -0.1) is 10.2 Å². The molecule has 1 atom stereocenters. The summed E-state index contributed by atoms with van der Waals surface area (Å²) in [5, 5.41) is 5.43. The van der Waals surface area contributed by atoms with E-state index in [2.05, 4.69) is 19.9 Å². The van der Waals surface area contributed by atoms with Gasteiger partial charge in [-0.25, -0.2) is 22.5 Å². The topological polar surface area (TPSA) is 116 Å². The van der Waals surface area contributed by atoms with E-state index in [1.54, 1.807) is 16.7 Å². The standard InChI is InChI=1S/C23H26F4N8O3S2/c1-22(4-5-22)31-40(37,38)15-12-35-14(11-28-18(35)19-29-30-21(39-19)23(25,26)27)17(16(15)24)33-7-9-34(10-8-33)20(36)13-3-6-32(13)2/h11-13,31H,3-10H2,1-2H3/t13-/m1/s1. The number of likely N-dealkylation sites (N-methyl/N-ethyl adjacent to an activating group) is 1. The number of hydrogen-bond acceptors (Lipinski definition) is 9. The maximum absolute atomic E-state index is 16.2. The van der Waals surface area contributed by atoms with Crippen LogP contribution in [0.1, 0.15) is 31.2 Å². The van der Waals surface area contributed by atoms with E-state index in [9.17, 15) is 26.4 Å². The summed E-state index contributed by atoms with van der Waals surface area (Å²) in [4.78, 5) is 21.7. The van der Waals surface area contributed by atoms with E-state index in [-0.39, 0.29) is 58.4 Å². The van der Waals surface area contributed by atoms with Crippen LogP contribution in [-0.2, 0) is 21.0 Å². The summed E-state index contributed by atoms with van der Waals surface area (Å²) < 4.78 is 86.2. The van der Waals surface area contributed by atoms with Crippen LogP contribution >= 0.6 is 11.3 Å². The highest BCUT2D eigenvalue weighted by Crippen LogP contribution is 2.40. The third kappa shape index (κ3) is 4.71. The molecule has 0 bridgehead atoms. The monoisotopic (exact) mass is 602 g/mol. The molecule has 3 aliphatic rings. The van der Waals surface area contributed by atoms with Crippen LogP contribution in [0.3, 0.4) is 0 Å². The van der Waals surface area contributed by atoms with Crippen molar-refractivity contribution in [2.24, 2.45) is 0 Å². The van der Waals surface area contributed by atoms with Crippen LogP contribution < -0.4 is 9.62 Å². The van der Waals surface area contributed by atoms with Crippen molar-refractivity contribution in [3.05, 3.63) is 23.2 Å². The highest BCUT2D eigenvalue weighted by Gasteiger charge is 2.43. The first-order valence-corrected chi connectivity index (χ1v) is 15.0. The molecule has 0 spiro atoms. The van der Waals surface area contributed by atoms with E-state index in [0.29, 0.717) is 25.9 Å². The Kier molecular flexibility index (Phi) is 6.36. The second kappa shape index (κ2) is 9.32. The van der Waals surface area contributed by atoms with Crippen LogP contribution in [0.25, 0.3) is 16.3 Å². The number of sulfonamides is 1. The number of hydrogen-bond donors (Lipinski definition) is 1. The third-order valence-corrected chi connectivity index (χ3v) is 10.3. The first-order chi connectivity index (χ1) is 18.8. The molecular weight excluding hydrogens is 576 g/mol. The predicted octanol–water partition coefficient (Wildman–Crippen LogP) is 2.19. The number of halogens is 4. The number of aromatic nitrogens is 4. The van der Waals surface area contributed by atoms with Gasteiger partial charge in [-0.3, -0.25) is 14.1 Å². The molecule has 216 valence electrons. The maximum Gasteiger partial charge on any atom is 0.445 e.